The van der Waals surface area contributed by atoms with E-state index in [1.165, 1.54) is 32.7 Å². The van der Waals surface area contributed by atoms with Gasteiger partial charge in [0.2, 0.25) is 0 Å². The highest BCUT2D eigenvalue weighted by Gasteiger charge is 2.19. The van der Waals surface area contributed by atoms with Crippen LogP contribution in [-0.2, 0) is 0 Å². The second-order valence-corrected chi connectivity index (χ2v) is 6.16. The van der Waals surface area contributed by atoms with Gasteiger partial charge >= 0.3 is 0 Å². The van der Waals surface area contributed by atoms with Crippen molar-refractivity contribution in [2.75, 3.05) is 14.2 Å². The smallest absolute Gasteiger partial charge is 0.130 e. The minimum absolute atomic E-state index is 0.952. The molecule has 0 heterocycles. The fraction of sp³-hybridized carbons (Fsp3) is 0.182. The van der Waals surface area contributed by atoms with E-state index in [0.717, 1.165) is 22.3 Å². The summed E-state index contributed by atoms with van der Waals surface area (Å²) in [6, 6.07) is 16.9. The number of benzene rings is 4. The van der Waals surface area contributed by atoms with E-state index in [9.17, 15) is 0 Å². The first kappa shape index (κ1) is 14.8. The van der Waals surface area contributed by atoms with Crippen LogP contribution in [0.5, 0.6) is 11.5 Å². The third kappa shape index (κ3) is 1.83. The average Bonchev–Trinajstić information content (AvgIpc) is 2.62. The van der Waals surface area contributed by atoms with Crippen molar-refractivity contribution in [2.24, 2.45) is 0 Å². The standard InChI is InChI=1S/C22H20O2/c1-13-19-15-9-5-8-12-18(15)22(24-4)14(2)20(19)16-10-6-7-11-17(16)21(13)23-3/h5-12H,1-4H3. The lowest BCUT2D eigenvalue weighted by atomic mass is 9.89. The lowest BCUT2D eigenvalue weighted by Crippen LogP contribution is -1.97. The number of methoxy groups -OCH3 is 2. The third-order valence-corrected chi connectivity index (χ3v) is 4.97. The summed E-state index contributed by atoms with van der Waals surface area (Å²) in [6.07, 6.45) is 0. The Labute approximate surface area is 141 Å². The minimum Gasteiger partial charge on any atom is -0.496 e. The molecule has 0 aliphatic heterocycles. The molecule has 0 spiro atoms. The van der Waals surface area contributed by atoms with Gasteiger partial charge in [0.15, 0.2) is 0 Å². The molecule has 0 radical (unpaired) electrons. The monoisotopic (exact) mass is 316 g/mol. The van der Waals surface area contributed by atoms with E-state index < -0.39 is 0 Å². The molecular weight excluding hydrogens is 296 g/mol. The summed E-state index contributed by atoms with van der Waals surface area (Å²) >= 11 is 0. The molecule has 0 atom stereocenters. The zero-order chi connectivity index (χ0) is 16.8. The van der Waals surface area contributed by atoms with Crippen molar-refractivity contribution in [3.63, 3.8) is 0 Å². The molecule has 4 rings (SSSR count). The average molecular weight is 316 g/mol. The van der Waals surface area contributed by atoms with Crippen LogP contribution >= 0.6 is 0 Å². The Morgan fingerprint density at radius 3 is 1.21 bits per heavy atom. The molecule has 0 unspecified atom stereocenters. The van der Waals surface area contributed by atoms with Crippen molar-refractivity contribution in [3.05, 3.63) is 59.7 Å². The summed E-state index contributed by atoms with van der Waals surface area (Å²) in [5, 5.41) is 7.20. The van der Waals surface area contributed by atoms with Gasteiger partial charge in [-0.15, -0.1) is 0 Å². The van der Waals surface area contributed by atoms with E-state index >= 15 is 0 Å². The van der Waals surface area contributed by atoms with Crippen LogP contribution in [0.3, 0.4) is 0 Å². The van der Waals surface area contributed by atoms with Gasteiger partial charge in [-0.1, -0.05) is 48.5 Å². The van der Waals surface area contributed by atoms with Gasteiger partial charge in [0.1, 0.15) is 11.5 Å². The second kappa shape index (κ2) is 5.41. The van der Waals surface area contributed by atoms with E-state index in [1.807, 2.05) is 0 Å². The first-order chi connectivity index (χ1) is 11.7. The highest BCUT2D eigenvalue weighted by molar-refractivity contribution is 6.23. The van der Waals surface area contributed by atoms with Gasteiger partial charge in [-0.2, -0.15) is 0 Å². The van der Waals surface area contributed by atoms with E-state index in [-0.39, 0.29) is 0 Å². The molecule has 0 bridgehead atoms. The number of ether oxygens (including phenoxy) is 2. The fourth-order valence-corrected chi connectivity index (χ4v) is 4.00. The molecule has 120 valence electrons. The Hall–Kier alpha value is -2.74. The summed E-state index contributed by atoms with van der Waals surface area (Å²) in [5.41, 5.74) is 2.35. The lowest BCUT2D eigenvalue weighted by molar-refractivity contribution is 0.416. The molecule has 24 heavy (non-hydrogen) atoms. The Morgan fingerprint density at radius 1 is 0.542 bits per heavy atom. The van der Waals surface area contributed by atoms with Crippen molar-refractivity contribution in [1.82, 2.24) is 0 Å². The van der Waals surface area contributed by atoms with E-state index in [0.29, 0.717) is 0 Å². The predicted molar refractivity (Wildman–Crippen MR) is 102 cm³/mol. The zero-order valence-electron chi connectivity index (χ0n) is 14.4. The number of fused-ring (bicyclic) bond motifs is 5. The van der Waals surface area contributed by atoms with Gasteiger partial charge in [0.05, 0.1) is 14.2 Å². The number of aryl methyl sites for hydroxylation is 2. The molecule has 4 aromatic carbocycles. The van der Waals surface area contributed by atoms with Gasteiger partial charge in [-0.3, -0.25) is 0 Å². The van der Waals surface area contributed by atoms with Crippen molar-refractivity contribution in [2.45, 2.75) is 13.8 Å². The topological polar surface area (TPSA) is 18.5 Å². The molecule has 0 aromatic heterocycles. The molecule has 0 saturated heterocycles. The fourth-order valence-electron chi connectivity index (χ4n) is 4.00. The molecule has 0 amide bonds. The number of hydrogen-bond acceptors (Lipinski definition) is 2. The van der Waals surface area contributed by atoms with E-state index in [4.69, 9.17) is 9.47 Å². The van der Waals surface area contributed by atoms with Crippen LogP contribution in [0.15, 0.2) is 48.5 Å². The van der Waals surface area contributed by atoms with Gasteiger partial charge in [0.25, 0.3) is 0 Å². The highest BCUT2D eigenvalue weighted by Crippen LogP contribution is 2.45. The Balaban J connectivity index is 2.43. The van der Waals surface area contributed by atoms with Crippen LogP contribution in [0.2, 0.25) is 0 Å². The molecule has 0 N–H and O–H groups in total. The van der Waals surface area contributed by atoms with Crippen LogP contribution in [0.4, 0.5) is 0 Å². The van der Waals surface area contributed by atoms with Crippen LogP contribution in [0.1, 0.15) is 11.1 Å². The molecule has 2 heteroatoms. The summed E-state index contributed by atoms with van der Waals surface area (Å²) in [6.45, 7) is 4.29. The maximum Gasteiger partial charge on any atom is 0.130 e. The maximum atomic E-state index is 5.78. The molecule has 2 nitrogen and oxygen atoms in total. The van der Waals surface area contributed by atoms with Crippen LogP contribution in [0, 0.1) is 13.8 Å². The molecule has 0 aliphatic carbocycles. The molecule has 0 aliphatic rings. The summed E-state index contributed by atoms with van der Waals surface area (Å²) in [7, 11) is 3.50. The second-order valence-electron chi connectivity index (χ2n) is 6.16. The Bertz CT molecular complexity index is 1000. The van der Waals surface area contributed by atoms with Gasteiger partial charge in [-0.05, 0) is 35.4 Å². The summed E-state index contributed by atoms with van der Waals surface area (Å²) < 4.78 is 11.6. The van der Waals surface area contributed by atoms with Gasteiger partial charge in [-0.25, -0.2) is 0 Å². The van der Waals surface area contributed by atoms with E-state index in [2.05, 4.69) is 62.4 Å². The zero-order valence-corrected chi connectivity index (χ0v) is 14.4. The quantitative estimate of drug-likeness (QED) is 0.436. The molecule has 0 saturated carbocycles. The first-order valence-electron chi connectivity index (χ1n) is 8.13. The van der Waals surface area contributed by atoms with Gasteiger partial charge in [0, 0.05) is 21.9 Å². The number of rotatable bonds is 2. The van der Waals surface area contributed by atoms with Crippen LogP contribution < -0.4 is 9.47 Å². The molecule has 4 aromatic rings. The van der Waals surface area contributed by atoms with Crippen LogP contribution in [0.25, 0.3) is 32.3 Å². The van der Waals surface area contributed by atoms with E-state index in [1.54, 1.807) is 14.2 Å². The first-order valence-corrected chi connectivity index (χ1v) is 8.13. The third-order valence-electron chi connectivity index (χ3n) is 4.97. The summed E-state index contributed by atoms with van der Waals surface area (Å²) in [4.78, 5) is 0. The van der Waals surface area contributed by atoms with Gasteiger partial charge < -0.3 is 9.47 Å². The maximum absolute atomic E-state index is 5.78. The highest BCUT2D eigenvalue weighted by atomic mass is 16.5. The SMILES string of the molecule is COc1c(C)c2c3ccccc3c(OC)c(C)c2c2ccccc12. The minimum atomic E-state index is 0.952. The normalized spacial score (nSPS) is 11.3. The largest absolute Gasteiger partial charge is 0.496 e. The van der Waals surface area contributed by atoms with Crippen molar-refractivity contribution in [1.29, 1.82) is 0 Å². The number of hydrogen-bond donors (Lipinski definition) is 0. The lowest BCUT2D eigenvalue weighted by Gasteiger charge is -2.19. The molecule has 0 fully saturated rings. The Morgan fingerprint density at radius 2 is 0.875 bits per heavy atom. The predicted octanol–water partition coefficient (Wildman–Crippen LogP) is 5.78. The van der Waals surface area contributed by atoms with Crippen LogP contribution in [-0.4, -0.2) is 14.2 Å². The summed E-state index contributed by atoms with van der Waals surface area (Å²) in [5.74, 6) is 1.90. The van der Waals surface area contributed by atoms with Crippen molar-refractivity contribution >= 4 is 32.3 Å². The van der Waals surface area contributed by atoms with Crippen molar-refractivity contribution in [3.8, 4) is 11.5 Å². The van der Waals surface area contributed by atoms with Crippen molar-refractivity contribution < 1.29 is 9.47 Å². The molecular formula is C22H20O2. The Kier molecular flexibility index (Phi) is 3.34.